The highest BCUT2D eigenvalue weighted by atomic mass is 16.6. The standard InChI is InChI=1S/C66H128O5/c1-3-5-7-9-11-13-15-17-19-21-23-24-25-26-27-28-29-30-31-32-33-34-35-36-37-38-39-40-41-42-43-45-47-49-51-53-55-57-59-61-66(69)71-64(62-67)63-70-65(68)60-58-56-54-52-50-48-46-44-22-20-18-16-14-12-10-8-6-4-2/h21,23,64,67H,3-20,22,24-63H2,1-2H3/b23-21-. The van der Waals surface area contributed by atoms with E-state index in [1.165, 1.54) is 321 Å². The third kappa shape index (κ3) is 61.1. The predicted molar refractivity (Wildman–Crippen MR) is 312 cm³/mol. The molecule has 0 aliphatic heterocycles. The Kier molecular flexibility index (Phi) is 61.7. The lowest BCUT2D eigenvalue weighted by Gasteiger charge is -2.15. The Bertz CT molecular complexity index is 1040. The number of rotatable bonds is 62. The average Bonchev–Trinajstić information content (AvgIpc) is 3.37. The molecular formula is C66H128O5. The minimum Gasteiger partial charge on any atom is -0.462 e. The smallest absolute Gasteiger partial charge is 0.306 e. The molecular weight excluding hydrogens is 873 g/mol. The van der Waals surface area contributed by atoms with Gasteiger partial charge in [-0.15, -0.1) is 0 Å². The Morgan fingerprint density at radius 3 is 0.761 bits per heavy atom. The van der Waals surface area contributed by atoms with Crippen molar-refractivity contribution in [3.63, 3.8) is 0 Å². The molecule has 0 aromatic carbocycles. The first kappa shape index (κ1) is 69.6. The third-order valence-corrected chi connectivity index (χ3v) is 15.3. The normalized spacial score (nSPS) is 12.1. The van der Waals surface area contributed by atoms with Gasteiger partial charge in [-0.1, -0.05) is 341 Å². The summed E-state index contributed by atoms with van der Waals surface area (Å²) in [4.78, 5) is 24.5. The summed E-state index contributed by atoms with van der Waals surface area (Å²) in [5.41, 5.74) is 0. The predicted octanol–water partition coefficient (Wildman–Crippen LogP) is 22.3. The molecule has 1 unspecified atom stereocenters. The molecule has 0 rings (SSSR count). The molecule has 71 heavy (non-hydrogen) atoms. The van der Waals surface area contributed by atoms with Crippen molar-refractivity contribution in [3.8, 4) is 0 Å². The molecule has 0 aromatic heterocycles. The maximum atomic E-state index is 12.3. The fourth-order valence-electron chi connectivity index (χ4n) is 10.4. The Labute approximate surface area is 445 Å². The molecule has 422 valence electrons. The van der Waals surface area contributed by atoms with Gasteiger partial charge in [0.05, 0.1) is 6.61 Å². The number of hydrogen-bond acceptors (Lipinski definition) is 5. The Hall–Kier alpha value is -1.36. The Morgan fingerprint density at radius 2 is 0.521 bits per heavy atom. The van der Waals surface area contributed by atoms with E-state index in [4.69, 9.17) is 9.47 Å². The summed E-state index contributed by atoms with van der Waals surface area (Å²) >= 11 is 0. The van der Waals surface area contributed by atoms with E-state index in [1.807, 2.05) is 0 Å². The molecule has 0 aliphatic carbocycles. The quantitative estimate of drug-likeness (QED) is 0.0373. The van der Waals surface area contributed by atoms with Gasteiger partial charge in [0.1, 0.15) is 6.61 Å². The van der Waals surface area contributed by atoms with Gasteiger partial charge in [0.25, 0.3) is 0 Å². The molecule has 0 fully saturated rings. The molecule has 1 atom stereocenters. The van der Waals surface area contributed by atoms with Gasteiger partial charge in [-0.2, -0.15) is 0 Å². The van der Waals surface area contributed by atoms with Gasteiger partial charge in [0.15, 0.2) is 6.10 Å². The van der Waals surface area contributed by atoms with E-state index in [2.05, 4.69) is 26.0 Å². The SMILES string of the molecule is CCCCCCCCCC/C=C\CCCCCCCCCCCCCCCCCCCCCCCCCCCCCC(=O)OC(CO)COC(=O)CCCCCCCCCCCCCCCCCCCC. The highest BCUT2D eigenvalue weighted by molar-refractivity contribution is 5.70. The van der Waals surface area contributed by atoms with Crippen LogP contribution in [0.4, 0.5) is 0 Å². The Balaban J connectivity index is 3.34. The van der Waals surface area contributed by atoms with Gasteiger partial charge in [-0.25, -0.2) is 0 Å². The van der Waals surface area contributed by atoms with Gasteiger partial charge < -0.3 is 14.6 Å². The molecule has 0 heterocycles. The maximum Gasteiger partial charge on any atom is 0.306 e. The van der Waals surface area contributed by atoms with E-state index in [1.54, 1.807) is 0 Å². The molecule has 0 amide bonds. The van der Waals surface area contributed by atoms with Gasteiger partial charge in [-0.05, 0) is 38.5 Å². The van der Waals surface area contributed by atoms with Crippen molar-refractivity contribution in [2.75, 3.05) is 13.2 Å². The summed E-state index contributed by atoms with van der Waals surface area (Å²) in [6.07, 6.45) is 79.6. The molecule has 0 bridgehead atoms. The van der Waals surface area contributed by atoms with Crippen LogP contribution in [0.15, 0.2) is 12.2 Å². The number of carbonyl (C=O) groups is 2. The summed E-state index contributed by atoms with van der Waals surface area (Å²) in [7, 11) is 0. The van der Waals surface area contributed by atoms with Crippen LogP contribution in [0, 0.1) is 0 Å². The first-order chi connectivity index (χ1) is 35.1. The van der Waals surface area contributed by atoms with Gasteiger partial charge >= 0.3 is 11.9 Å². The maximum absolute atomic E-state index is 12.3. The fourth-order valence-corrected chi connectivity index (χ4v) is 10.4. The molecule has 5 nitrogen and oxygen atoms in total. The second-order valence-electron chi connectivity index (χ2n) is 22.6. The van der Waals surface area contributed by atoms with Crippen molar-refractivity contribution in [2.45, 2.75) is 386 Å². The van der Waals surface area contributed by atoms with Crippen LogP contribution >= 0.6 is 0 Å². The number of ether oxygens (including phenoxy) is 2. The van der Waals surface area contributed by atoms with Gasteiger partial charge in [-0.3, -0.25) is 9.59 Å². The molecule has 0 spiro atoms. The van der Waals surface area contributed by atoms with Crippen LogP contribution in [-0.2, 0) is 19.1 Å². The summed E-state index contributed by atoms with van der Waals surface area (Å²) in [6.45, 7) is 4.20. The van der Waals surface area contributed by atoms with Crippen LogP contribution in [0.3, 0.4) is 0 Å². The molecule has 0 saturated heterocycles. The highest BCUT2D eigenvalue weighted by Crippen LogP contribution is 2.19. The molecule has 1 N–H and O–H groups in total. The molecule has 0 aliphatic rings. The first-order valence-corrected chi connectivity index (χ1v) is 32.7. The summed E-state index contributed by atoms with van der Waals surface area (Å²) in [5, 5.41) is 9.67. The van der Waals surface area contributed by atoms with Crippen molar-refractivity contribution < 1.29 is 24.2 Å². The van der Waals surface area contributed by atoms with E-state index >= 15 is 0 Å². The number of carbonyl (C=O) groups excluding carboxylic acids is 2. The largest absolute Gasteiger partial charge is 0.462 e. The lowest BCUT2D eigenvalue weighted by molar-refractivity contribution is -0.161. The number of hydrogen-bond donors (Lipinski definition) is 1. The lowest BCUT2D eigenvalue weighted by Crippen LogP contribution is -2.28. The zero-order valence-electron chi connectivity index (χ0n) is 48.5. The van der Waals surface area contributed by atoms with Crippen molar-refractivity contribution in [1.29, 1.82) is 0 Å². The molecule has 0 radical (unpaired) electrons. The van der Waals surface area contributed by atoms with Crippen molar-refractivity contribution >= 4 is 11.9 Å². The van der Waals surface area contributed by atoms with Gasteiger partial charge in [0, 0.05) is 12.8 Å². The second kappa shape index (κ2) is 62.9. The average molecular weight is 1000 g/mol. The van der Waals surface area contributed by atoms with E-state index in [-0.39, 0.29) is 25.2 Å². The number of aliphatic hydroxyl groups excluding tert-OH is 1. The minimum absolute atomic E-state index is 0.0565. The molecule has 5 heteroatoms. The first-order valence-electron chi connectivity index (χ1n) is 32.7. The fraction of sp³-hybridized carbons (Fsp3) is 0.939. The van der Waals surface area contributed by atoms with Crippen LogP contribution in [-0.4, -0.2) is 36.4 Å². The summed E-state index contributed by atoms with van der Waals surface area (Å²) in [6, 6.07) is 0. The second-order valence-corrected chi connectivity index (χ2v) is 22.6. The van der Waals surface area contributed by atoms with Crippen molar-refractivity contribution in [1.82, 2.24) is 0 Å². The number of aliphatic hydroxyl groups is 1. The minimum atomic E-state index is -0.765. The highest BCUT2D eigenvalue weighted by Gasteiger charge is 2.16. The van der Waals surface area contributed by atoms with Gasteiger partial charge in [0.2, 0.25) is 0 Å². The van der Waals surface area contributed by atoms with E-state index in [9.17, 15) is 14.7 Å². The zero-order chi connectivity index (χ0) is 51.3. The van der Waals surface area contributed by atoms with Crippen LogP contribution in [0.25, 0.3) is 0 Å². The number of esters is 2. The summed E-state index contributed by atoms with van der Waals surface area (Å²) in [5.74, 6) is -0.564. The number of allylic oxidation sites excluding steroid dienone is 2. The molecule has 0 saturated carbocycles. The lowest BCUT2D eigenvalue weighted by atomic mass is 10.0. The van der Waals surface area contributed by atoms with Crippen LogP contribution < -0.4 is 0 Å². The Morgan fingerprint density at radius 1 is 0.310 bits per heavy atom. The van der Waals surface area contributed by atoms with Crippen molar-refractivity contribution in [3.05, 3.63) is 12.2 Å². The van der Waals surface area contributed by atoms with Crippen molar-refractivity contribution in [2.24, 2.45) is 0 Å². The van der Waals surface area contributed by atoms with E-state index < -0.39 is 6.10 Å². The van der Waals surface area contributed by atoms with E-state index in [0.717, 1.165) is 32.1 Å². The number of unbranched alkanes of at least 4 members (excludes halogenated alkanes) is 52. The van der Waals surface area contributed by atoms with E-state index in [0.29, 0.717) is 12.8 Å². The van der Waals surface area contributed by atoms with Crippen LogP contribution in [0.1, 0.15) is 380 Å². The zero-order valence-corrected chi connectivity index (χ0v) is 48.5. The monoisotopic (exact) mass is 1000 g/mol. The van der Waals surface area contributed by atoms with Crippen LogP contribution in [0.5, 0.6) is 0 Å². The summed E-state index contributed by atoms with van der Waals surface area (Å²) < 4.78 is 10.7. The topological polar surface area (TPSA) is 72.8 Å². The molecule has 0 aromatic rings. The third-order valence-electron chi connectivity index (χ3n) is 15.3. The van der Waals surface area contributed by atoms with Crippen LogP contribution in [0.2, 0.25) is 0 Å².